The fourth-order valence-corrected chi connectivity index (χ4v) is 4.18. The van der Waals surface area contributed by atoms with Gasteiger partial charge in [-0.2, -0.15) is 13.2 Å². The van der Waals surface area contributed by atoms with Gasteiger partial charge in [0.25, 0.3) is 0 Å². The standard InChI is InChI=1S/C22H24F3NO2/c1-14-10-11-16(15(2)13-14)20(26-12-6-5-9-19(26)21(27)28)17-7-3-4-8-18(17)22(23,24)25/h3-4,7-8,10-11,13,19-20H,5-6,9,12H2,1-2H3,(H,27,28). The summed E-state index contributed by atoms with van der Waals surface area (Å²) < 4.78 is 41.3. The van der Waals surface area contributed by atoms with Crippen molar-refractivity contribution in [3.63, 3.8) is 0 Å². The number of aliphatic carboxylic acids is 1. The fourth-order valence-electron chi connectivity index (χ4n) is 4.18. The van der Waals surface area contributed by atoms with Crippen LogP contribution in [-0.4, -0.2) is 28.6 Å². The van der Waals surface area contributed by atoms with Gasteiger partial charge in [-0.1, -0.05) is 48.4 Å². The Kier molecular flexibility index (Phi) is 5.79. The van der Waals surface area contributed by atoms with Crippen LogP contribution in [0.5, 0.6) is 0 Å². The summed E-state index contributed by atoms with van der Waals surface area (Å²) in [4.78, 5) is 13.6. The largest absolute Gasteiger partial charge is 0.480 e. The van der Waals surface area contributed by atoms with Crippen molar-refractivity contribution in [3.8, 4) is 0 Å². The summed E-state index contributed by atoms with van der Waals surface area (Å²) in [5, 5.41) is 9.73. The molecule has 2 unspecified atom stereocenters. The second-order valence-electron chi connectivity index (χ2n) is 7.44. The zero-order chi connectivity index (χ0) is 20.5. The number of carboxylic acids is 1. The van der Waals surface area contributed by atoms with Crippen LogP contribution >= 0.6 is 0 Å². The topological polar surface area (TPSA) is 40.5 Å². The highest BCUT2D eigenvalue weighted by Gasteiger charge is 2.40. The summed E-state index contributed by atoms with van der Waals surface area (Å²) in [5.74, 6) is -0.987. The maximum Gasteiger partial charge on any atom is 0.416 e. The van der Waals surface area contributed by atoms with Crippen molar-refractivity contribution >= 4 is 5.97 Å². The van der Waals surface area contributed by atoms with Crippen LogP contribution in [0.3, 0.4) is 0 Å². The summed E-state index contributed by atoms with van der Waals surface area (Å²) in [6.45, 7) is 4.24. The first-order valence-corrected chi connectivity index (χ1v) is 9.42. The first-order chi connectivity index (χ1) is 13.2. The van der Waals surface area contributed by atoms with Gasteiger partial charge in [-0.15, -0.1) is 0 Å². The van der Waals surface area contributed by atoms with E-state index >= 15 is 0 Å². The molecule has 1 saturated heterocycles. The number of hydrogen-bond donors (Lipinski definition) is 1. The fraction of sp³-hybridized carbons (Fsp3) is 0.409. The molecule has 2 atom stereocenters. The Morgan fingerprint density at radius 2 is 1.82 bits per heavy atom. The van der Waals surface area contributed by atoms with Crippen molar-refractivity contribution in [3.05, 3.63) is 70.3 Å². The molecule has 2 aromatic carbocycles. The summed E-state index contributed by atoms with van der Waals surface area (Å²) >= 11 is 0. The van der Waals surface area contributed by atoms with Crippen molar-refractivity contribution in [1.29, 1.82) is 0 Å². The van der Waals surface area contributed by atoms with E-state index in [-0.39, 0.29) is 5.56 Å². The number of carbonyl (C=O) groups is 1. The van der Waals surface area contributed by atoms with Gasteiger partial charge in [0.1, 0.15) is 6.04 Å². The van der Waals surface area contributed by atoms with Crippen LogP contribution in [0.1, 0.15) is 53.1 Å². The van der Waals surface area contributed by atoms with Crippen molar-refractivity contribution in [2.24, 2.45) is 0 Å². The molecule has 1 aliphatic heterocycles. The average Bonchev–Trinajstić information content (AvgIpc) is 2.63. The van der Waals surface area contributed by atoms with E-state index in [0.717, 1.165) is 35.6 Å². The first kappa shape index (κ1) is 20.4. The van der Waals surface area contributed by atoms with E-state index < -0.39 is 29.8 Å². The number of piperidine rings is 1. The lowest BCUT2D eigenvalue weighted by Crippen LogP contribution is -2.47. The molecule has 0 saturated carbocycles. The Morgan fingerprint density at radius 1 is 1.11 bits per heavy atom. The number of nitrogens with zero attached hydrogens (tertiary/aromatic N) is 1. The van der Waals surface area contributed by atoms with Crippen molar-refractivity contribution < 1.29 is 23.1 Å². The molecule has 150 valence electrons. The zero-order valence-corrected chi connectivity index (χ0v) is 16.0. The normalized spacial score (nSPS) is 19.4. The third-order valence-electron chi connectivity index (χ3n) is 5.44. The molecular weight excluding hydrogens is 367 g/mol. The molecule has 3 rings (SSSR count). The van der Waals surface area contributed by atoms with Gasteiger partial charge in [0.05, 0.1) is 11.6 Å². The molecule has 2 aromatic rings. The van der Waals surface area contributed by atoms with Crippen LogP contribution in [0, 0.1) is 13.8 Å². The van der Waals surface area contributed by atoms with E-state index in [1.165, 1.54) is 12.1 Å². The summed E-state index contributed by atoms with van der Waals surface area (Å²) in [7, 11) is 0. The number of aryl methyl sites for hydroxylation is 2. The molecule has 28 heavy (non-hydrogen) atoms. The van der Waals surface area contributed by atoms with E-state index in [0.29, 0.717) is 13.0 Å². The number of alkyl halides is 3. The SMILES string of the molecule is Cc1ccc(C(c2ccccc2C(F)(F)F)N2CCCCC2C(=O)O)c(C)c1. The van der Waals surface area contributed by atoms with Crippen LogP contribution in [-0.2, 0) is 11.0 Å². The predicted octanol–water partition coefficient (Wildman–Crippen LogP) is 5.35. The molecule has 0 amide bonds. The molecule has 3 nitrogen and oxygen atoms in total. The van der Waals surface area contributed by atoms with Gasteiger partial charge in [-0.25, -0.2) is 0 Å². The highest BCUT2D eigenvalue weighted by molar-refractivity contribution is 5.73. The molecule has 0 bridgehead atoms. The van der Waals surface area contributed by atoms with Gasteiger partial charge in [-0.05, 0) is 56.0 Å². The molecule has 0 spiro atoms. The van der Waals surface area contributed by atoms with Gasteiger partial charge in [0.15, 0.2) is 0 Å². The second-order valence-corrected chi connectivity index (χ2v) is 7.44. The summed E-state index contributed by atoms with van der Waals surface area (Å²) in [6, 6.07) is 9.56. The van der Waals surface area contributed by atoms with Gasteiger partial charge in [-0.3, -0.25) is 9.69 Å². The van der Waals surface area contributed by atoms with Crippen LogP contribution in [0.2, 0.25) is 0 Å². The van der Waals surface area contributed by atoms with Gasteiger partial charge in [0, 0.05) is 0 Å². The minimum Gasteiger partial charge on any atom is -0.480 e. The number of benzene rings is 2. The Balaban J connectivity index is 2.23. The van der Waals surface area contributed by atoms with E-state index in [1.54, 1.807) is 11.0 Å². The van der Waals surface area contributed by atoms with Crippen LogP contribution in [0.25, 0.3) is 0 Å². The monoisotopic (exact) mass is 391 g/mol. The Hall–Kier alpha value is -2.34. The van der Waals surface area contributed by atoms with E-state index in [2.05, 4.69) is 0 Å². The smallest absolute Gasteiger partial charge is 0.416 e. The molecule has 0 aliphatic carbocycles. The highest BCUT2D eigenvalue weighted by atomic mass is 19.4. The Labute approximate surface area is 162 Å². The number of hydrogen-bond acceptors (Lipinski definition) is 2. The highest BCUT2D eigenvalue weighted by Crippen LogP contribution is 2.42. The molecule has 1 fully saturated rings. The zero-order valence-electron chi connectivity index (χ0n) is 16.0. The van der Waals surface area contributed by atoms with E-state index in [4.69, 9.17) is 0 Å². The lowest BCUT2D eigenvalue weighted by atomic mass is 9.87. The molecule has 0 radical (unpaired) electrons. The second kappa shape index (κ2) is 7.95. The van der Waals surface area contributed by atoms with Crippen LogP contribution in [0.4, 0.5) is 13.2 Å². The summed E-state index contributed by atoms with van der Waals surface area (Å²) in [5.41, 5.74) is 1.98. The number of likely N-dealkylation sites (tertiary alicyclic amines) is 1. The van der Waals surface area contributed by atoms with Crippen molar-refractivity contribution in [1.82, 2.24) is 4.90 Å². The van der Waals surface area contributed by atoms with E-state index in [1.807, 2.05) is 32.0 Å². The molecular formula is C22H24F3NO2. The third kappa shape index (κ3) is 4.07. The molecule has 1 N–H and O–H groups in total. The van der Waals surface area contributed by atoms with Crippen molar-refractivity contribution in [2.75, 3.05) is 6.54 Å². The maximum atomic E-state index is 13.8. The molecule has 0 aromatic heterocycles. The van der Waals surface area contributed by atoms with Crippen molar-refractivity contribution in [2.45, 2.75) is 51.4 Å². The van der Waals surface area contributed by atoms with Gasteiger partial charge in [0.2, 0.25) is 0 Å². The van der Waals surface area contributed by atoms with Gasteiger partial charge < -0.3 is 5.11 Å². The van der Waals surface area contributed by atoms with E-state index in [9.17, 15) is 23.1 Å². The number of rotatable bonds is 4. The van der Waals surface area contributed by atoms with Crippen LogP contribution in [0.15, 0.2) is 42.5 Å². The quantitative estimate of drug-likeness (QED) is 0.764. The summed E-state index contributed by atoms with van der Waals surface area (Å²) in [6.07, 6.45) is -2.56. The number of carboxylic acid groups (broad SMARTS) is 1. The average molecular weight is 391 g/mol. The number of halogens is 3. The minimum absolute atomic E-state index is 0.107. The maximum absolute atomic E-state index is 13.8. The first-order valence-electron chi connectivity index (χ1n) is 9.42. The van der Waals surface area contributed by atoms with Gasteiger partial charge >= 0.3 is 12.1 Å². The molecule has 1 aliphatic rings. The predicted molar refractivity (Wildman–Crippen MR) is 101 cm³/mol. The lowest BCUT2D eigenvalue weighted by Gasteiger charge is -2.41. The third-order valence-corrected chi connectivity index (χ3v) is 5.44. The lowest BCUT2D eigenvalue weighted by molar-refractivity contribution is -0.145. The Morgan fingerprint density at radius 3 is 2.46 bits per heavy atom. The van der Waals surface area contributed by atoms with Crippen LogP contribution < -0.4 is 0 Å². The molecule has 1 heterocycles. The molecule has 6 heteroatoms. The minimum atomic E-state index is -4.51. The Bertz CT molecular complexity index is 863.